The number of fused-ring (bicyclic) bond motifs is 1. The zero-order valence-electron chi connectivity index (χ0n) is 16.0. The number of pyridine rings is 1. The summed E-state index contributed by atoms with van der Waals surface area (Å²) in [5, 5.41) is 8.42. The Kier molecular flexibility index (Phi) is 5.07. The molecule has 0 unspecified atom stereocenters. The first-order chi connectivity index (χ1) is 14.6. The van der Waals surface area contributed by atoms with E-state index in [1.165, 1.54) is 0 Å². The Bertz CT molecular complexity index is 1110. The van der Waals surface area contributed by atoms with Gasteiger partial charge in [-0.2, -0.15) is 0 Å². The van der Waals surface area contributed by atoms with Gasteiger partial charge in [-0.3, -0.25) is 4.98 Å². The average molecular weight is 427 g/mol. The molecule has 1 N–H and O–H groups in total. The van der Waals surface area contributed by atoms with E-state index < -0.39 is 16.1 Å². The number of ether oxygens (including phenoxy) is 2. The fourth-order valence-electron chi connectivity index (χ4n) is 3.94. The molecule has 4 heterocycles. The first kappa shape index (κ1) is 19.3. The lowest BCUT2D eigenvalue weighted by molar-refractivity contribution is 0.0624. The monoisotopic (exact) mass is 427 g/mol. The lowest BCUT2D eigenvalue weighted by Crippen LogP contribution is -2.44. The second-order valence-electron chi connectivity index (χ2n) is 7.43. The largest absolute Gasteiger partial charge is 0.371 e. The summed E-state index contributed by atoms with van der Waals surface area (Å²) in [5.41, 5.74) is 2.13. The molecule has 0 bridgehead atoms. The summed E-state index contributed by atoms with van der Waals surface area (Å²) in [6, 6.07) is 14.1. The van der Waals surface area contributed by atoms with Gasteiger partial charge in [0.25, 0.3) is 0 Å². The zero-order chi connectivity index (χ0) is 20.6. The van der Waals surface area contributed by atoms with Gasteiger partial charge in [0.15, 0.2) is 0 Å². The number of hydrogen-bond donors (Lipinski definition) is 1. The molecular weight excluding hydrogens is 406 g/mol. The van der Waals surface area contributed by atoms with E-state index in [0.717, 1.165) is 11.3 Å². The van der Waals surface area contributed by atoms with Gasteiger partial charge in [-0.1, -0.05) is 41.6 Å². The molecule has 9 nitrogen and oxygen atoms in total. The molecule has 3 aromatic rings. The van der Waals surface area contributed by atoms with Crippen LogP contribution in [0.3, 0.4) is 0 Å². The molecule has 2 fully saturated rings. The van der Waals surface area contributed by atoms with E-state index in [9.17, 15) is 8.42 Å². The Morgan fingerprint density at radius 3 is 2.60 bits per heavy atom. The number of nitrogens with zero attached hydrogens (tertiary/aromatic N) is 4. The van der Waals surface area contributed by atoms with Crippen molar-refractivity contribution in [3.05, 3.63) is 66.5 Å². The van der Waals surface area contributed by atoms with E-state index in [1.807, 2.05) is 42.6 Å². The number of rotatable bonds is 6. The third-order valence-corrected chi connectivity index (χ3v) is 6.71. The summed E-state index contributed by atoms with van der Waals surface area (Å²) in [5.74, 6) is -0.0817. The summed E-state index contributed by atoms with van der Waals surface area (Å²) in [4.78, 5) is 4.29. The van der Waals surface area contributed by atoms with Gasteiger partial charge in [0, 0.05) is 6.20 Å². The number of nitrogens with one attached hydrogen (secondary N) is 1. The Balaban J connectivity index is 1.27. The molecule has 0 spiro atoms. The average Bonchev–Trinajstić information content (AvgIpc) is 3.46. The van der Waals surface area contributed by atoms with Gasteiger partial charge < -0.3 is 9.47 Å². The third kappa shape index (κ3) is 3.86. The van der Waals surface area contributed by atoms with Crippen molar-refractivity contribution in [3.8, 4) is 11.4 Å². The fraction of sp³-hybridized carbons (Fsp3) is 0.350. The highest BCUT2D eigenvalue weighted by atomic mass is 32.2. The number of benzene rings is 1. The lowest BCUT2D eigenvalue weighted by Gasteiger charge is -2.18. The van der Waals surface area contributed by atoms with Crippen LogP contribution in [0.4, 0.5) is 0 Å². The Labute approximate surface area is 174 Å². The maximum Gasteiger partial charge on any atom is 0.216 e. The topological polar surface area (TPSA) is 108 Å². The van der Waals surface area contributed by atoms with E-state index in [0.29, 0.717) is 12.3 Å². The van der Waals surface area contributed by atoms with Crippen LogP contribution >= 0.6 is 0 Å². The minimum Gasteiger partial charge on any atom is -0.371 e. The van der Waals surface area contributed by atoms with Crippen molar-refractivity contribution >= 4 is 10.0 Å². The van der Waals surface area contributed by atoms with E-state index >= 15 is 0 Å². The summed E-state index contributed by atoms with van der Waals surface area (Å²) in [6.07, 6.45) is 2.85. The van der Waals surface area contributed by atoms with Crippen LogP contribution < -0.4 is 4.72 Å². The summed E-state index contributed by atoms with van der Waals surface area (Å²) >= 11 is 0. The van der Waals surface area contributed by atoms with Crippen molar-refractivity contribution in [2.24, 2.45) is 0 Å². The van der Waals surface area contributed by atoms with Crippen LogP contribution in [-0.4, -0.2) is 59.9 Å². The fourth-order valence-corrected chi connectivity index (χ4v) is 5.32. The first-order valence-corrected chi connectivity index (χ1v) is 11.3. The first-order valence-electron chi connectivity index (χ1n) is 9.69. The van der Waals surface area contributed by atoms with E-state index in [-0.39, 0.29) is 30.6 Å². The minimum absolute atomic E-state index is 0.0817. The molecule has 2 saturated heterocycles. The predicted octanol–water partition coefficient (Wildman–Crippen LogP) is 1.17. The van der Waals surface area contributed by atoms with Gasteiger partial charge in [0.2, 0.25) is 10.0 Å². The quantitative estimate of drug-likeness (QED) is 0.629. The molecule has 0 amide bonds. The second kappa shape index (κ2) is 7.88. The van der Waals surface area contributed by atoms with Gasteiger partial charge in [-0.25, -0.2) is 17.8 Å². The maximum absolute atomic E-state index is 12.6. The second-order valence-corrected chi connectivity index (χ2v) is 9.18. The van der Waals surface area contributed by atoms with Crippen molar-refractivity contribution in [2.45, 2.75) is 30.0 Å². The van der Waals surface area contributed by atoms with Crippen molar-refractivity contribution in [1.82, 2.24) is 24.7 Å². The van der Waals surface area contributed by atoms with Crippen molar-refractivity contribution in [3.63, 3.8) is 0 Å². The Morgan fingerprint density at radius 2 is 1.80 bits per heavy atom. The van der Waals surface area contributed by atoms with Crippen LogP contribution in [0.1, 0.15) is 11.6 Å². The highest BCUT2D eigenvalue weighted by molar-refractivity contribution is 7.88. The van der Waals surface area contributed by atoms with Crippen LogP contribution in [0, 0.1) is 0 Å². The maximum atomic E-state index is 12.6. The highest BCUT2D eigenvalue weighted by Crippen LogP contribution is 2.34. The van der Waals surface area contributed by atoms with Crippen LogP contribution in [-0.2, 0) is 25.2 Å². The molecule has 156 valence electrons. The molecule has 5 rings (SSSR count). The smallest absolute Gasteiger partial charge is 0.216 e. The Hall–Kier alpha value is -2.66. The molecule has 2 aromatic heterocycles. The molecule has 2 aliphatic rings. The predicted molar refractivity (Wildman–Crippen MR) is 108 cm³/mol. The van der Waals surface area contributed by atoms with Gasteiger partial charge >= 0.3 is 0 Å². The van der Waals surface area contributed by atoms with E-state index in [4.69, 9.17) is 9.47 Å². The third-order valence-electron chi connectivity index (χ3n) is 5.34. The molecule has 1 aromatic carbocycles. The highest BCUT2D eigenvalue weighted by Gasteiger charge is 2.49. The molecule has 30 heavy (non-hydrogen) atoms. The molecule has 4 atom stereocenters. The van der Waals surface area contributed by atoms with Crippen LogP contribution in [0.2, 0.25) is 0 Å². The van der Waals surface area contributed by atoms with Crippen molar-refractivity contribution in [1.29, 1.82) is 0 Å². The molecular formula is C20H21N5O4S. The number of hydrogen-bond acceptors (Lipinski definition) is 7. The van der Waals surface area contributed by atoms with E-state index in [1.54, 1.807) is 23.0 Å². The summed E-state index contributed by atoms with van der Waals surface area (Å²) < 4.78 is 41.5. The van der Waals surface area contributed by atoms with Gasteiger partial charge in [0.1, 0.15) is 23.9 Å². The number of sulfonamides is 1. The SMILES string of the molecule is O=S(=O)(Cc1ccccc1)N[C@H]1CO[C@H]2[C@@H]1OC[C@@H]2n1cc(-c2ccccn2)nn1. The van der Waals surface area contributed by atoms with Gasteiger partial charge in [0.05, 0.1) is 36.9 Å². The molecule has 0 saturated carbocycles. The van der Waals surface area contributed by atoms with E-state index in [2.05, 4.69) is 20.0 Å². The molecule has 10 heteroatoms. The van der Waals surface area contributed by atoms with Gasteiger partial charge in [-0.05, 0) is 17.7 Å². The van der Waals surface area contributed by atoms with Gasteiger partial charge in [-0.15, -0.1) is 5.10 Å². The molecule has 2 aliphatic heterocycles. The summed E-state index contributed by atoms with van der Waals surface area (Å²) in [6.45, 7) is 0.624. The van der Waals surface area contributed by atoms with Crippen molar-refractivity contribution in [2.75, 3.05) is 13.2 Å². The van der Waals surface area contributed by atoms with Crippen LogP contribution in [0.15, 0.2) is 60.9 Å². The lowest BCUT2D eigenvalue weighted by atomic mass is 10.1. The zero-order valence-corrected chi connectivity index (χ0v) is 16.9. The van der Waals surface area contributed by atoms with Crippen molar-refractivity contribution < 1.29 is 17.9 Å². The standard InChI is InChI=1S/C20H21N5O4S/c26-30(27,13-14-6-2-1-3-7-14)23-17-11-28-20-18(12-29-19(17)20)25-10-16(22-24-25)15-8-4-5-9-21-15/h1-10,17-20,23H,11-13H2/t17-,18-,19+,20+/m0/s1. The normalized spacial score (nSPS) is 26.0. The molecule has 0 aliphatic carbocycles. The molecule has 0 radical (unpaired) electrons. The Morgan fingerprint density at radius 1 is 1.00 bits per heavy atom. The van der Waals surface area contributed by atoms with Crippen LogP contribution in [0.5, 0.6) is 0 Å². The van der Waals surface area contributed by atoms with Crippen LogP contribution in [0.25, 0.3) is 11.4 Å². The minimum atomic E-state index is -3.52. The summed E-state index contributed by atoms with van der Waals surface area (Å²) in [7, 11) is -3.52. The number of aromatic nitrogens is 4.